The maximum Gasteiger partial charge on any atom is 0.251 e. The van der Waals surface area contributed by atoms with Crippen molar-refractivity contribution in [2.45, 2.75) is 26.3 Å². The molecule has 1 N–H and O–H groups in total. The van der Waals surface area contributed by atoms with E-state index in [0.717, 1.165) is 12.0 Å². The summed E-state index contributed by atoms with van der Waals surface area (Å²) in [5, 5.41) is 2.98. The number of rotatable bonds is 5. The SMILES string of the molecule is CC=Cc1cc(C(=O)NC2CCN(C(C)=O)C2)cc(OC)c1OC. The van der Waals surface area contributed by atoms with Gasteiger partial charge in [-0.15, -0.1) is 0 Å². The van der Waals surface area contributed by atoms with E-state index in [1.54, 1.807) is 38.2 Å². The number of hydrogen-bond donors (Lipinski definition) is 1. The molecule has 6 nitrogen and oxygen atoms in total. The summed E-state index contributed by atoms with van der Waals surface area (Å²) in [7, 11) is 3.11. The minimum atomic E-state index is -0.183. The van der Waals surface area contributed by atoms with Crippen molar-refractivity contribution in [2.24, 2.45) is 0 Å². The molecule has 1 aliphatic rings. The number of benzene rings is 1. The number of methoxy groups -OCH3 is 2. The predicted molar refractivity (Wildman–Crippen MR) is 92.4 cm³/mol. The summed E-state index contributed by atoms with van der Waals surface area (Å²) in [6, 6.07) is 3.41. The number of amides is 2. The first-order valence-electron chi connectivity index (χ1n) is 7.95. The molecule has 1 aromatic carbocycles. The minimum Gasteiger partial charge on any atom is -0.493 e. The van der Waals surface area contributed by atoms with Crippen molar-refractivity contribution in [1.29, 1.82) is 0 Å². The Bertz CT molecular complexity index is 655. The van der Waals surface area contributed by atoms with Crippen molar-refractivity contribution in [2.75, 3.05) is 27.3 Å². The van der Waals surface area contributed by atoms with Gasteiger partial charge in [0.15, 0.2) is 11.5 Å². The Labute approximate surface area is 142 Å². The molecule has 130 valence electrons. The topological polar surface area (TPSA) is 67.9 Å². The van der Waals surface area contributed by atoms with Crippen LogP contribution in [0.2, 0.25) is 0 Å². The number of hydrogen-bond acceptors (Lipinski definition) is 4. The number of carbonyl (C=O) groups excluding carboxylic acids is 2. The van der Waals surface area contributed by atoms with Gasteiger partial charge in [0.05, 0.1) is 14.2 Å². The molecule has 1 saturated heterocycles. The zero-order chi connectivity index (χ0) is 17.7. The van der Waals surface area contributed by atoms with E-state index in [1.165, 1.54) is 0 Å². The summed E-state index contributed by atoms with van der Waals surface area (Å²) in [6.45, 7) is 4.67. The molecule has 1 atom stereocenters. The van der Waals surface area contributed by atoms with Gasteiger partial charge in [0.2, 0.25) is 5.91 Å². The van der Waals surface area contributed by atoms with Gasteiger partial charge in [-0.2, -0.15) is 0 Å². The Morgan fingerprint density at radius 2 is 2.04 bits per heavy atom. The van der Waals surface area contributed by atoms with E-state index in [-0.39, 0.29) is 17.9 Å². The molecular formula is C18H24N2O4. The Morgan fingerprint density at radius 3 is 2.58 bits per heavy atom. The summed E-state index contributed by atoms with van der Waals surface area (Å²) < 4.78 is 10.7. The fourth-order valence-electron chi connectivity index (χ4n) is 2.86. The molecule has 0 spiro atoms. The molecule has 0 aromatic heterocycles. The lowest BCUT2D eigenvalue weighted by Gasteiger charge is -2.16. The number of allylic oxidation sites excluding steroid dienone is 1. The lowest BCUT2D eigenvalue weighted by Crippen LogP contribution is -2.38. The predicted octanol–water partition coefficient (Wildman–Crippen LogP) is 2.09. The van der Waals surface area contributed by atoms with E-state index < -0.39 is 0 Å². The van der Waals surface area contributed by atoms with Crippen LogP contribution in [0.5, 0.6) is 11.5 Å². The van der Waals surface area contributed by atoms with Crippen LogP contribution in [-0.4, -0.2) is 50.1 Å². The zero-order valence-electron chi connectivity index (χ0n) is 14.6. The minimum absolute atomic E-state index is 0.0281. The summed E-state index contributed by atoms with van der Waals surface area (Å²) in [4.78, 5) is 25.7. The average Bonchev–Trinajstić information content (AvgIpc) is 3.03. The highest BCUT2D eigenvalue weighted by molar-refractivity contribution is 5.96. The Morgan fingerprint density at radius 1 is 1.29 bits per heavy atom. The molecule has 2 amide bonds. The van der Waals surface area contributed by atoms with E-state index >= 15 is 0 Å². The molecule has 1 unspecified atom stereocenters. The zero-order valence-corrected chi connectivity index (χ0v) is 14.6. The fourth-order valence-corrected chi connectivity index (χ4v) is 2.86. The highest BCUT2D eigenvalue weighted by atomic mass is 16.5. The smallest absolute Gasteiger partial charge is 0.251 e. The van der Waals surface area contributed by atoms with Gasteiger partial charge in [-0.05, 0) is 25.5 Å². The molecule has 0 radical (unpaired) electrons. The van der Waals surface area contributed by atoms with Crippen LogP contribution in [0.4, 0.5) is 0 Å². The standard InChI is InChI=1S/C18H24N2O4/c1-5-6-13-9-14(10-16(23-3)17(13)24-4)18(22)19-15-7-8-20(11-15)12(2)21/h5-6,9-10,15H,7-8,11H2,1-4H3,(H,19,22). The monoisotopic (exact) mass is 332 g/mol. The summed E-state index contributed by atoms with van der Waals surface area (Å²) in [5.74, 6) is 0.955. The van der Waals surface area contributed by atoms with Gasteiger partial charge in [0, 0.05) is 37.2 Å². The highest BCUT2D eigenvalue weighted by Gasteiger charge is 2.26. The molecule has 1 heterocycles. The quantitative estimate of drug-likeness (QED) is 0.896. The molecule has 2 rings (SSSR count). The largest absolute Gasteiger partial charge is 0.493 e. The first kappa shape index (κ1) is 17.8. The van der Waals surface area contributed by atoms with Crippen molar-refractivity contribution in [3.63, 3.8) is 0 Å². The summed E-state index contributed by atoms with van der Waals surface area (Å²) in [6.07, 6.45) is 4.51. The Kier molecular flexibility index (Phi) is 5.84. The van der Waals surface area contributed by atoms with Gasteiger partial charge in [-0.3, -0.25) is 9.59 Å². The second-order valence-corrected chi connectivity index (χ2v) is 5.73. The van der Waals surface area contributed by atoms with E-state index in [2.05, 4.69) is 5.32 Å². The maximum absolute atomic E-state index is 12.6. The second kappa shape index (κ2) is 7.86. The van der Waals surface area contributed by atoms with Crippen molar-refractivity contribution in [3.05, 3.63) is 29.3 Å². The van der Waals surface area contributed by atoms with Crippen LogP contribution in [0.25, 0.3) is 6.08 Å². The average molecular weight is 332 g/mol. The fraction of sp³-hybridized carbons (Fsp3) is 0.444. The van der Waals surface area contributed by atoms with Crippen LogP contribution in [-0.2, 0) is 4.79 Å². The van der Waals surface area contributed by atoms with Gasteiger partial charge in [0.25, 0.3) is 5.91 Å². The third kappa shape index (κ3) is 3.88. The second-order valence-electron chi connectivity index (χ2n) is 5.73. The van der Waals surface area contributed by atoms with Crippen molar-refractivity contribution >= 4 is 17.9 Å². The molecule has 1 aromatic rings. The van der Waals surface area contributed by atoms with Gasteiger partial charge >= 0.3 is 0 Å². The van der Waals surface area contributed by atoms with Crippen LogP contribution in [0.3, 0.4) is 0 Å². The van der Waals surface area contributed by atoms with E-state index in [0.29, 0.717) is 30.2 Å². The van der Waals surface area contributed by atoms with Crippen LogP contribution in [0, 0.1) is 0 Å². The van der Waals surface area contributed by atoms with Gasteiger partial charge in [0.1, 0.15) is 0 Å². The Balaban J connectivity index is 2.20. The van der Waals surface area contributed by atoms with Crippen LogP contribution in [0.15, 0.2) is 18.2 Å². The van der Waals surface area contributed by atoms with Crippen LogP contribution >= 0.6 is 0 Å². The van der Waals surface area contributed by atoms with Crippen LogP contribution in [0.1, 0.15) is 36.2 Å². The number of carbonyl (C=O) groups is 2. The maximum atomic E-state index is 12.6. The highest BCUT2D eigenvalue weighted by Crippen LogP contribution is 2.33. The van der Waals surface area contributed by atoms with E-state index in [9.17, 15) is 9.59 Å². The number of nitrogens with one attached hydrogen (secondary N) is 1. The Hall–Kier alpha value is -2.50. The third-order valence-electron chi connectivity index (χ3n) is 4.08. The van der Waals surface area contributed by atoms with E-state index in [1.807, 2.05) is 19.1 Å². The summed E-state index contributed by atoms with van der Waals surface area (Å²) >= 11 is 0. The lowest BCUT2D eigenvalue weighted by molar-refractivity contribution is -0.127. The molecule has 0 aliphatic carbocycles. The van der Waals surface area contributed by atoms with Crippen molar-refractivity contribution in [3.8, 4) is 11.5 Å². The third-order valence-corrected chi connectivity index (χ3v) is 4.08. The van der Waals surface area contributed by atoms with Crippen molar-refractivity contribution in [1.82, 2.24) is 10.2 Å². The van der Waals surface area contributed by atoms with Crippen molar-refractivity contribution < 1.29 is 19.1 Å². The molecule has 1 fully saturated rings. The van der Waals surface area contributed by atoms with Gasteiger partial charge < -0.3 is 19.7 Å². The molecule has 0 saturated carbocycles. The summed E-state index contributed by atoms with van der Waals surface area (Å²) in [5.41, 5.74) is 1.28. The normalized spacial score (nSPS) is 17.2. The first-order valence-corrected chi connectivity index (χ1v) is 7.95. The molecule has 6 heteroatoms. The molecule has 1 aliphatic heterocycles. The first-order chi connectivity index (χ1) is 11.5. The van der Waals surface area contributed by atoms with E-state index in [4.69, 9.17) is 9.47 Å². The van der Waals surface area contributed by atoms with Crippen LogP contribution < -0.4 is 14.8 Å². The number of likely N-dealkylation sites (tertiary alicyclic amines) is 1. The van der Waals surface area contributed by atoms with Gasteiger partial charge in [-0.1, -0.05) is 12.2 Å². The van der Waals surface area contributed by atoms with Gasteiger partial charge in [-0.25, -0.2) is 0 Å². The molecule has 0 bridgehead atoms. The molecule has 24 heavy (non-hydrogen) atoms. The number of ether oxygens (including phenoxy) is 2. The number of nitrogens with zero attached hydrogens (tertiary/aromatic N) is 1. The lowest BCUT2D eigenvalue weighted by atomic mass is 10.1. The molecular weight excluding hydrogens is 308 g/mol.